The molecule has 0 spiro atoms. The van der Waals surface area contributed by atoms with Crippen LogP contribution in [-0.2, 0) is 13.1 Å². The van der Waals surface area contributed by atoms with Crippen molar-refractivity contribution in [1.29, 1.82) is 0 Å². The summed E-state index contributed by atoms with van der Waals surface area (Å²) in [7, 11) is 0. The van der Waals surface area contributed by atoms with Crippen molar-refractivity contribution in [2.45, 2.75) is 38.9 Å². The molecule has 0 fully saturated rings. The summed E-state index contributed by atoms with van der Waals surface area (Å²) in [6.07, 6.45) is 4.39. The highest BCUT2D eigenvalue weighted by atomic mass is 19.1. The molecule has 29 heavy (non-hydrogen) atoms. The normalized spacial score (nSPS) is 12.3. The zero-order chi connectivity index (χ0) is 20.1. The van der Waals surface area contributed by atoms with E-state index in [2.05, 4.69) is 71.5 Å². The molecule has 0 unspecified atom stereocenters. The van der Waals surface area contributed by atoms with Crippen LogP contribution >= 0.6 is 0 Å². The highest BCUT2D eigenvalue weighted by molar-refractivity contribution is 5.84. The fraction of sp³-hybridized carbons (Fsp3) is 0.231. The first-order valence-electron chi connectivity index (χ1n) is 10.3. The molecule has 1 N–H and O–H groups in total. The lowest BCUT2D eigenvalue weighted by molar-refractivity contribution is 0.494. The molecule has 0 saturated carbocycles. The molecule has 0 amide bonds. The average molecular weight is 387 g/mol. The van der Waals surface area contributed by atoms with Crippen molar-refractivity contribution < 1.29 is 4.39 Å². The fourth-order valence-corrected chi connectivity index (χ4v) is 4.00. The first kappa shape index (κ1) is 19.4. The van der Waals surface area contributed by atoms with Gasteiger partial charge in [0.1, 0.15) is 5.82 Å². The monoisotopic (exact) mass is 386 g/mol. The SMILES string of the molecule is CCC[C@@H](NCc1cn(Cc2ccccc2F)c2ccccc12)c1ccccc1. The van der Waals surface area contributed by atoms with Gasteiger partial charge in [-0.15, -0.1) is 0 Å². The first-order valence-corrected chi connectivity index (χ1v) is 10.3. The maximum Gasteiger partial charge on any atom is 0.128 e. The van der Waals surface area contributed by atoms with Crippen LogP contribution in [0, 0.1) is 5.82 Å². The number of benzene rings is 3. The Morgan fingerprint density at radius 1 is 0.862 bits per heavy atom. The van der Waals surface area contributed by atoms with E-state index < -0.39 is 0 Å². The molecule has 3 aromatic carbocycles. The first-order chi connectivity index (χ1) is 14.3. The second-order valence-corrected chi connectivity index (χ2v) is 7.52. The van der Waals surface area contributed by atoms with Crippen LogP contribution in [0.15, 0.2) is 85.1 Å². The van der Waals surface area contributed by atoms with Crippen LogP contribution in [0.1, 0.15) is 42.5 Å². The number of fused-ring (bicyclic) bond motifs is 1. The van der Waals surface area contributed by atoms with E-state index in [1.54, 1.807) is 6.07 Å². The minimum Gasteiger partial charge on any atom is -0.343 e. The summed E-state index contributed by atoms with van der Waals surface area (Å²) in [5.74, 6) is -0.156. The zero-order valence-electron chi connectivity index (χ0n) is 16.8. The van der Waals surface area contributed by atoms with Gasteiger partial charge in [-0.2, -0.15) is 0 Å². The Labute approximate surface area is 172 Å². The molecule has 4 aromatic rings. The van der Waals surface area contributed by atoms with Crippen molar-refractivity contribution in [3.05, 3.63) is 108 Å². The van der Waals surface area contributed by atoms with Crippen LogP contribution in [0.5, 0.6) is 0 Å². The summed E-state index contributed by atoms with van der Waals surface area (Å²) in [5.41, 5.74) is 4.42. The van der Waals surface area contributed by atoms with Crippen LogP contribution < -0.4 is 5.32 Å². The van der Waals surface area contributed by atoms with E-state index in [1.165, 1.54) is 22.6 Å². The van der Waals surface area contributed by atoms with E-state index in [9.17, 15) is 4.39 Å². The summed E-state index contributed by atoms with van der Waals surface area (Å²) in [6.45, 7) is 3.53. The van der Waals surface area contributed by atoms with Crippen LogP contribution in [-0.4, -0.2) is 4.57 Å². The van der Waals surface area contributed by atoms with Gasteiger partial charge in [0.2, 0.25) is 0 Å². The molecule has 0 aliphatic rings. The minimum absolute atomic E-state index is 0.156. The van der Waals surface area contributed by atoms with Crippen LogP contribution in [0.25, 0.3) is 10.9 Å². The van der Waals surface area contributed by atoms with Gasteiger partial charge in [-0.05, 0) is 29.7 Å². The molecule has 1 atom stereocenters. The zero-order valence-corrected chi connectivity index (χ0v) is 16.8. The molecule has 1 aromatic heterocycles. The maximum absolute atomic E-state index is 14.2. The van der Waals surface area contributed by atoms with Gasteiger partial charge in [-0.25, -0.2) is 4.39 Å². The second-order valence-electron chi connectivity index (χ2n) is 7.52. The summed E-state index contributed by atoms with van der Waals surface area (Å²) < 4.78 is 16.3. The molecule has 1 heterocycles. The summed E-state index contributed by atoms with van der Waals surface area (Å²) >= 11 is 0. The predicted octanol–water partition coefficient (Wildman–Crippen LogP) is 6.46. The van der Waals surface area contributed by atoms with Gasteiger partial charge in [-0.1, -0.05) is 80.1 Å². The van der Waals surface area contributed by atoms with Crippen molar-refractivity contribution in [3.63, 3.8) is 0 Å². The molecule has 148 valence electrons. The topological polar surface area (TPSA) is 17.0 Å². The molecule has 0 saturated heterocycles. The summed E-state index contributed by atoms with van der Waals surface area (Å²) in [5, 5.41) is 4.97. The molecule has 0 bridgehead atoms. The Balaban J connectivity index is 1.60. The molecule has 0 aliphatic carbocycles. The largest absolute Gasteiger partial charge is 0.343 e. The quantitative estimate of drug-likeness (QED) is 0.368. The van der Waals surface area contributed by atoms with Crippen molar-refractivity contribution in [2.24, 2.45) is 0 Å². The molecule has 0 radical (unpaired) electrons. The summed E-state index contributed by atoms with van der Waals surface area (Å²) in [6, 6.07) is 26.3. The van der Waals surface area contributed by atoms with Crippen molar-refractivity contribution in [1.82, 2.24) is 9.88 Å². The predicted molar refractivity (Wildman–Crippen MR) is 118 cm³/mol. The fourth-order valence-electron chi connectivity index (χ4n) is 4.00. The molecule has 2 nitrogen and oxygen atoms in total. The van der Waals surface area contributed by atoms with Gasteiger partial charge in [0.15, 0.2) is 0 Å². The maximum atomic E-state index is 14.2. The third kappa shape index (κ3) is 4.41. The highest BCUT2D eigenvalue weighted by Gasteiger charge is 2.13. The Bertz CT molecular complexity index is 1070. The van der Waals surface area contributed by atoms with Gasteiger partial charge >= 0.3 is 0 Å². The third-order valence-electron chi connectivity index (χ3n) is 5.49. The second kappa shape index (κ2) is 9.06. The lowest BCUT2D eigenvalue weighted by atomic mass is 10.0. The number of halogens is 1. The Hall–Kier alpha value is -2.91. The molecule has 4 rings (SSSR count). The number of rotatable bonds is 8. The molecular weight excluding hydrogens is 359 g/mol. The summed E-state index contributed by atoms with van der Waals surface area (Å²) in [4.78, 5) is 0. The molecule has 0 aliphatic heterocycles. The smallest absolute Gasteiger partial charge is 0.128 e. The number of nitrogens with one attached hydrogen (secondary N) is 1. The highest BCUT2D eigenvalue weighted by Crippen LogP contribution is 2.25. The number of hydrogen-bond donors (Lipinski definition) is 1. The number of aromatic nitrogens is 1. The Kier molecular flexibility index (Phi) is 6.06. The van der Waals surface area contributed by atoms with Crippen LogP contribution in [0.4, 0.5) is 4.39 Å². The van der Waals surface area contributed by atoms with E-state index >= 15 is 0 Å². The Morgan fingerprint density at radius 3 is 2.38 bits per heavy atom. The van der Waals surface area contributed by atoms with Gasteiger partial charge in [0.25, 0.3) is 0 Å². The lowest BCUT2D eigenvalue weighted by Crippen LogP contribution is -2.20. The van der Waals surface area contributed by atoms with E-state index in [-0.39, 0.29) is 5.82 Å². The average Bonchev–Trinajstić information content (AvgIpc) is 3.11. The molecule has 3 heteroatoms. The number of nitrogens with zero attached hydrogens (tertiary/aromatic N) is 1. The van der Waals surface area contributed by atoms with Gasteiger partial charge in [0.05, 0.1) is 6.54 Å². The van der Waals surface area contributed by atoms with Gasteiger partial charge < -0.3 is 9.88 Å². The minimum atomic E-state index is -0.156. The van der Waals surface area contributed by atoms with E-state index in [1.807, 2.05) is 18.2 Å². The lowest BCUT2D eigenvalue weighted by Gasteiger charge is -2.18. The van der Waals surface area contributed by atoms with Crippen LogP contribution in [0.3, 0.4) is 0 Å². The van der Waals surface area contributed by atoms with E-state index in [0.717, 1.165) is 24.9 Å². The van der Waals surface area contributed by atoms with E-state index in [4.69, 9.17) is 0 Å². The molecular formula is C26H27FN2. The standard InChI is InChI=1S/C26H27FN2/c1-2-10-25(20-11-4-3-5-12-20)28-17-22-19-29(26-16-9-7-14-23(22)26)18-21-13-6-8-15-24(21)27/h3-9,11-16,19,25,28H,2,10,17-18H2,1H3/t25-/m1/s1. The van der Waals surface area contributed by atoms with Gasteiger partial charge in [0, 0.05) is 35.2 Å². The number of hydrogen-bond acceptors (Lipinski definition) is 1. The van der Waals surface area contributed by atoms with Gasteiger partial charge in [-0.3, -0.25) is 0 Å². The van der Waals surface area contributed by atoms with Crippen molar-refractivity contribution >= 4 is 10.9 Å². The van der Waals surface area contributed by atoms with E-state index in [0.29, 0.717) is 18.2 Å². The van der Waals surface area contributed by atoms with Crippen molar-refractivity contribution in [3.8, 4) is 0 Å². The Morgan fingerprint density at radius 2 is 1.59 bits per heavy atom. The van der Waals surface area contributed by atoms with Crippen molar-refractivity contribution in [2.75, 3.05) is 0 Å². The third-order valence-corrected chi connectivity index (χ3v) is 5.49. The number of para-hydroxylation sites is 1. The van der Waals surface area contributed by atoms with Crippen LogP contribution in [0.2, 0.25) is 0 Å².